The average molecular weight is 288 g/mol. The second kappa shape index (κ2) is 5.26. The SMILES string of the molecule is CCn1ncc(OC)c1C(O)c1cc2ccccc2s1. The quantitative estimate of drug-likeness (QED) is 0.802. The Balaban J connectivity index is 2.07. The Hall–Kier alpha value is -1.85. The Bertz CT molecular complexity index is 678. The van der Waals surface area contributed by atoms with E-state index in [1.54, 1.807) is 29.3 Å². The van der Waals surface area contributed by atoms with Crippen molar-refractivity contribution in [2.24, 2.45) is 0 Å². The second-order valence-corrected chi connectivity index (χ2v) is 5.62. The smallest absolute Gasteiger partial charge is 0.163 e. The Morgan fingerprint density at radius 2 is 2.20 bits per heavy atom. The molecule has 2 aromatic heterocycles. The van der Waals surface area contributed by atoms with Gasteiger partial charge in [-0.3, -0.25) is 4.68 Å². The van der Waals surface area contributed by atoms with Crippen LogP contribution in [0.3, 0.4) is 0 Å². The highest BCUT2D eigenvalue weighted by atomic mass is 32.1. The number of hydrogen-bond donors (Lipinski definition) is 1. The molecule has 1 aromatic carbocycles. The lowest BCUT2D eigenvalue weighted by atomic mass is 10.1. The van der Waals surface area contributed by atoms with Crippen LogP contribution in [0.2, 0.25) is 0 Å². The Kier molecular flexibility index (Phi) is 3.46. The minimum atomic E-state index is -0.718. The summed E-state index contributed by atoms with van der Waals surface area (Å²) in [5.41, 5.74) is 0.710. The van der Waals surface area contributed by atoms with Gasteiger partial charge in [0.25, 0.3) is 0 Å². The lowest BCUT2D eigenvalue weighted by Gasteiger charge is -2.12. The molecule has 3 rings (SSSR count). The fraction of sp³-hybridized carbons (Fsp3) is 0.267. The van der Waals surface area contributed by atoms with Crippen LogP contribution in [0.25, 0.3) is 10.1 Å². The third kappa shape index (κ3) is 2.09. The zero-order valence-corrected chi connectivity index (χ0v) is 12.2. The standard InChI is InChI=1S/C15H16N2O2S/c1-3-17-14(11(19-2)9-16-17)15(18)13-8-10-6-4-5-7-12(10)20-13/h4-9,15,18H,3H2,1-2H3. The minimum absolute atomic E-state index is 0.622. The van der Waals surface area contributed by atoms with E-state index in [-0.39, 0.29) is 0 Å². The summed E-state index contributed by atoms with van der Waals surface area (Å²) in [6.45, 7) is 2.69. The molecule has 0 saturated carbocycles. The van der Waals surface area contributed by atoms with Crippen molar-refractivity contribution in [1.29, 1.82) is 0 Å². The van der Waals surface area contributed by atoms with Gasteiger partial charge in [-0.1, -0.05) is 18.2 Å². The predicted octanol–water partition coefficient (Wildman–Crippen LogP) is 3.21. The summed E-state index contributed by atoms with van der Waals surface area (Å²) in [7, 11) is 1.60. The van der Waals surface area contributed by atoms with E-state index in [1.165, 1.54) is 4.70 Å². The number of rotatable bonds is 4. The van der Waals surface area contributed by atoms with Gasteiger partial charge in [-0.25, -0.2) is 0 Å². The predicted molar refractivity (Wildman–Crippen MR) is 80.3 cm³/mol. The number of hydrogen-bond acceptors (Lipinski definition) is 4. The molecule has 0 spiro atoms. The summed E-state index contributed by atoms with van der Waals surface area (Å²) < 4.78 is 8.25. The molecule has 5 heteroatoms. The maximum Gasteiger partial charge on any atom is 0.163 e. The largest absolute Gasteiger partial charge is 0.493 e. The molecule has 4 nitrogen and oxygen atoms in total. The van der Waals surface area contributed by atoms with Crippen molar-refractivity contribution in [1.82, 2.24) is 9.78 Å². The maximum absolute atomic E-state index is 10.7. The molecule has 0 fully saturated rings. The number of aliphatic hydroxyl groups excluding tert-OH is 1. The molecule has 1 unspecified atom stereocenters. The Labute approximate surface area is 121 Å². The van der Waals surface area contributed by atoms with Gasteiger partial charge in [0.05, 0.1) is 13.3 Å². The number of methoxy groups -OCH3 is 1. The summed E-state index contributed by atoms with van der Waals surface area (Å²) in [5.74, 6) is 0.622. The van der Waals surface area contributed by atoms with E-state index < -0.39 is 6.10 Å². The maximum atomic E-state index is 10.7. The third-order valence-corrected chi connectivity index (χ3v) is 4.51. The number of aromatic nitrogens is 2. The fourth-order valence-corrected chi connectivity index (χ4v) is 3.39. The lowest BCUT2D eigenvalue weighted by molar-refractivity contribution is 0.206. The van der Waals surface area contributed by atoms with Crippen molar-refractivity contribution < 1.29 is 9.84 Å². The van der Waals surface area contributed by atoms with Crippen LogP contribution in [-0.2, 0) is 6.54 Å². The van der Waals surface area contributed by atoms with Crippen LogP contribution in [0.15, 0.2) is 36.5 Å². The Morgan fingerprint density at radius 3 is 2.90 bits per heavy atom. The van der Waals surface area contributed by atoms with E-state index in [1.807, 2.05) is 25.1 Å². The number of fused-ring (bicyclic) bond motifs is 1. The van der Waals surface area contributed by atoms with Gasteiger partial charge in [-0.15, -0.1) is 11.3 Å². The molecule has 20 heavy (non-hydrogen) atoms. The molecule has 2 heterocycles. The molecule has 1 atom stereocenters. The van der Waals surface area contributed by atoms with Crippen LogP contribution in [-0.4, -0.2) is 22.0 Å². The molecule has 0 bridgehead atoms. The fourth-order valence-electron chi connectivity index (χ4n) is 2.33. The first-order valence-corrected chi connectivity index (χ1v) is 7.32. The van der Waals surface area contributed by atoms with Crippen molar-refractivity contribution in [3.05, 3.63) is 47.1 Å². The molecule has 0 aliphatic carbocycles. The average Bonchev–Trinajstić information content (AvgIpc) is 3.09. The van der Waals surface area contributed by atoms with Crippen molar-refractivity contribution in [2.45, 2.75) is 19.6 Å². The topological polar surface area (TPSA) is 47.3 Å². The summed E-state index contributed by atoms with van der Waals surface area (Å²) in [6, 6.07) is 10.1. The van der Waals surface area contributed by atoms with Gasteiger partial charge in [0.15, 0.2) is 5.75 Å². The van der Waals surface area contributed by atoms with Gasteiger partial charge >= 0.3 is 0 Å². The van der Waals surface area contributed by atoms with Gasteiger partial charge in [0, 0.05) is 16.1 Å². The number of thiophene rings is 1. The van der Waals surface area contributed by atoms with Crippen LogP contribution in [0.5, 0.6) is 5.75 Å². The normalized spacial score (nSPS) is 12.8. The molecule has 104 valence electrons. The van der Waals surface area contributed by atoms with Gasteiger partial charge < -0.3 is 9.84 Å². The van der Waals surface area contributed by atoms with Crippen molar-refractivity contribution in [2.75, 3.05) is 7.11 Å². The van der Waals surface area contributed by atoms with Crippen LogP contribution >= 0.6 is 11.3 Å². The highest BCUT2D eigenvalue weighted by Gasteiger charge is 2.22. The monoisotopic (exact) mass is 288 g/mol. The van der Waals surface area contributed by atoms with E-state index in [4.69, 9.17) is 4.74 Å². The molecule has 0 aliphatic rings. The highest BCUT2D eigenvalue weighted by Crippen LogP contribution is 2.36. The molecule has 1 N–H and O–H groups in total. The molecular weight excluding hydrogens is 272 g/mol. The molecule has 0 saturated heterocycles. The van der Waals surface area contributed by atoms with E-state index in [2.05, 4.69) is 17.2 Å². The van der Waals surface area contributed by atoms with Crippen LogP contribution in [0.4, 0.5) is 0 Å². The van der Waals surface area contributed by atoms with Crippen molar-refractivity contribution in [3.63, 3.8) is 0 Å². The first-order chi connectivity index (χ1) is 9.74. The van der Waals surface area contributed by atoms with Gasteiger partial charge in [0.1, 0.15) is 11.8 Å². The zero-order valence-electron chi connectivity index (χ0n) is 11.4. The minimum Gasteiger partial charge on any atom is -0.493 e. The first kappa shape index (κ1) is 13.1. The highest BCUT2D eigenvalue weighted by molar-refractivity contribution is 7.19. The van der Waals surface area contributed by atoms with E-state index in [0.29, 0.717) is 18.0 Å². The third-order valence-electron chi connectivity index (χ3n) is 3.34. The van der Waals surface area contributed by atoms with Crippen molar-refractivity contribution in [3.8, 4) is 5.75 Å². The summed E-state index contributed by atoms with van der Waals surface area (Å²) in [5, 5.41) is 16.1. The van der Waals surface area contributed by atoms with E-state index in [0.717, 1.165) is 10.3 Å². The number of benzene rings is 1. The summed E-state index contributed by atoms with van der Waals surface area (Å²) >= 11 is 1.60. The molecule has 3 aromatic rings. The number of aliphatic hydroxyl groups is 1. The van der Waals surface area contributed by atoms with Crippen LogP contribution in [0.1, 0.15) is 23.6 Å². The second-order valence-electron chi connectivity index (χ2n) is 4.50. The van der Waals surface area contributed by atoms with E-state index in [9.17, 15) is 5.11 Å². The molecule has 0 amide bonds. The summed E-state index contributed by atoms with van der Waals surface area (Å²) in [6.07, 6.45) is 0.930. The number of aryl methyl sites for hydroxylation is 1. The Morgan fingerprint density at radius 1 is 1.40 bits per heavy atom. The van der Waals surface area contributed by atoms with Gasteiger partial charge in [-0.05, 0) is 24.4 Å². The number of nitrogens with zero attached hydrogens (tertiary/aromatic N) is 2. The van der Waals surface area contributed by atoms with Crippen LogP contribution < -0.4 is 4.74 Å². The van der Waals surface area contributed by atoms with Crippen LogP contribution in [0, 0.1) is 0 Å². The van der Waals surface area contributed by atoms with E-state index >= 15 is 0 Å². The van der Waals surface area contributed by atoms with Crippen molar-refractivity contribution >= 4 is 21.4 Å². The molecule has 0 radical (unpaired) electrons. The van der Waals surface area contributed by atoms with Gasteiger partial charge in [0.2, 0.25) is 0 Å². The van der Waals surface area contributed by atoms with Gasteiger partial charge in [-0.2, -0.15) is 5.10 Å². The lowest BCUT2D eigenvalue weighted by Crippen LogP contribution is -2.09. The number of ether oxygens (including phenoxy) is 1. The molecule has 0 aliphatic heterocycles. The summed E-state index contributed by atoms with van der Waals surface area (Å²) in [4.78, 5) is 0.903. The first-order valence-electron chi connectivity index (χ1n) is 6.50. The zero-order chi connectivity index (χ0) is 14.1. The molecular formula is C15H16N2O2S.